The van der Waals surface area contributed by atoms with Crippen LogP contribution in [0.25, 0.3) is 0 Å². The number of alkyl carbamates (subject to hydrolysis) is 1. The lowest BCUT2D eigenvalue weighted by atomic mass is 10.1. The number of hydrogen-bond donors (Lipinski definition) is 1. The molecule has 0 unspecified atom stereocenters. The second-order valence-electron chi connectivity index (χ2n) is 6.69. The lowest BCUT2D eigenvalue weighted by molar-refractivity contribution is 0.0467. The summed E-state index contributed by atoms with van der Waals surface area (Å²) in [5.74, 6) is 0. The molecule has 0 spiro atoms. The Morgan fingerprint density at radius 1 is 0.815 bits per heavy atom. The highest BCUT2D eigenvalue weighted by Crippen LogP contribution is 2.08. The van der Waals surface area contributed by atoms with Crippen LogP contribution in [0, 0.1) is 0 Å². The van der Waals surface area contributed by atoms with E-state index in [1.807, 2.05) is 30.3 Å². The maximum atomic E-state index is 11.5. The van der Waals surface area contributed by atoms with E-state index in [0.717, 1.165) is 18.6 Å². The van der Waals surface area contributed by atoms with E-state index in [0.29, 0.717) is 26.4 Å². The average molecular weight is 380 g/mol. The number of rotatable bonds is 17. The average Bonchev–Trinajstić information content (AvgIpc) is 2.70. The molecule has 0 radical (unpaired) electrons. The van der Waals surface area contributed by atoms with Crippen molar-refractivity contribution in [3.63, 3.8) is 0 Å². The Morgan fingerprint density at radius 2 is 1.44 bits per heavy atom. The largest absolute Gasteiger partial charge is 0.445 e. The third-order valence-corrected chi connectivity index (χ3v) is 4.24. The molecule has 0 bridgehead atoms. The first-order valence-corrected chi connectivity index (χ1v) is 10.4. The minimum Gasteiger partial charge on any atom is -0.445 e. The van der Waals surface area contributed by atoms with Crippen LogP contribution in [-0.4, -0.2) is 39.1 Å². The second kappa shape index (κ2) is 17.8. The molecule has 154 valence electrons. The summed E-state index contributed by atoms with van der Waals surface area (Å²) in [6, 6.07) is 9.61. The van der Waals surface area contributed by atoms with Gasteiger partial charge in [-0.05, 0) is 12.0 Å². The highest BCUT2D eigenvalue weighted by molar-refractivity contribution is 5.67. The van der Waals surface area contributed by atoms with Gasteiger partial charge < -0.3 is 19.5 Å². The monoisotopic (exact) mass is 379 g/mol. The number of amides is 1. The quantitative estimate of drug-likeness (QED) is 0.383. The molecule has 0 aliphatic rings. The smallest absolute Gasteiger partial charge is 0.407 e. The van der Waals surface area contributed by atoms with Crippen molar-refractivity contribution in [2.45, 2.75) is 64.9 Å². The van der Waals surface area contributed by atoms with E-state index in [2.05, 4.69) is 12.2 Å². The summed E-state index contributed by atoms with van der Waals surface area (Å²) in [5.41, 5.74) is 0.970. The third-order valence-electron chi connectivity index (χ3n) is 4.24. The Bertz CT molecular complexity index is 453. The van der Waals surface area contributed by atoms with E-state index < -0.39 is 6.09 Å². The van der Waals surface area contributed by atoms with Gasteiger partial charge in [-0.3, -0.25) is 0 Å². The van der Waals surface area contributed by atoms with Gasteiger partial charge in [0.05, 0.1) is 19.8 Å². The van der Waals surface area contributed by atoms with Gasteiger partial charge in [0, 0.05) is 13.2 Å². The van der Waals surface area contributed by atoms with Crippen molar-refractivity contribution in [3.05, 3.63) is 35.9 Å². The molecule has 0 saturated carbocycles. The van der Waals surface area contributed by atoms with E-state index in [1.165, 1.54) is 44.9 Å². The van der Waals surface area contributed by atoms with Crippen molar-refractivity contribution in [2.24, 2.45) is 0 Å². The fourth-order valence-electron chi connectivity index (χ4n) is 2.66. The molecule has 27 heavy (non-hydrogen) atoms. The van der Waals surface area contributed by atoms with E-state index >= 15 is 0 Å². The zero-order valence-electron chi connectivity index (χ0n) is 16.9. The summed E-state index contributed by atoms with van der Waals surface area (Å²) in [4.78, 5) is 11.5. The summed E-state index contributed by atoms with van der Waals surface area (Å²) in [5, 5.41) is 2.67. The number of carbonyl (C=O) groups is 1. The molecule has 5 heteroatoms. The van der Waals surface area contributed by atoms with Crippen molar-refractivity contribution in [2.75, 3.05) is 33.0 Å². The minimum atomic E-state index is -0.423. The summed E-state index contributed by atoms with van der Waals surface area (Å²) in [6.45, 7) is 5.39. The molecular weight excluding hydrogens is 342 g/mol. The first-order valence-electron chi connectivity index (χ1n) is 10.4. The number of benzene rings is 1. The van der Waals surface area contributed by atoms with Gasteiger partial charge in [0.1, 0.15) is 6.61 Å². The van der Waals surface area contributed by atoms with Gasteiger partial charge in [0.15, 0.2) is 0 Å². The van der Waals surface area contributed by atoms with Crippen LogP contribution in [0.15, 0.2) is 30.3 Å². The molecule has 0 atom stereocenters. The summed E-state index contributed by atoms with van der Waals surface area (Å²) in [7, 11) is 0. The van der Waals surface area contributed by atoms with Gasteiger partial charge in [0.25, 0.3) is 0 Å². The van der Waals surface area contributed by atoms with Crippen molar-refractivity contribution in [1.29, 1.82) is 0 Å². The molecule has 0 saturated heterocycles. The van der Waals surface area contributed by atoms with Gasteiger partial charge in [-0.2, -0.15) is 0 Å². The normalized spacial score (nSPS) is 10.7. The van der Waals surface area contributed by atoms with E-state index in [9.17, 15) is 4.79 Å². The van der Waals surface area contributed by atoms with Crippen LogP contribution in [-0.2, 0) is 20.8 Å². The Morgan fingerprint density at radius 3 is 2.15 bits per heavy atom. The van der Waals surface area contributed by atoms with Crippen LogP contribution >= 0.6 is 0 Å². The Kier molecular flexibility index (Phi) is 15.5. The second-order valence-corrected chi connectivity index (χ2v) is 6.69. The van der Waals surface area contributed by atoms with Crippen molar-refractivity contribution in [1.82, 2.24) is 5.32 Å². The Hall–Kier alpha value is -1.59. The van der Waals surface area contributed by atoms with Crippen molar-refractivity contribution >= 4 is 6.09 Å². The number of ether oxygens (including phenoxy) is 3. The number of carbonyl (C=O) groups excluding carboxylic acids is 1. The van der Waals surface area contributed by atoms with Crippen LogP contribution < -0.4 is 5.32 Å². The molecule has 1 amide bonds. The molecule has 0 heterocycles. The number of unbranched alkanes of at least 4 members (excludes halogenated alkanes) is 7. The molecule has 1 rings (SSSR count). The molecule has 0 aromatic heterocycles. The van der Waals surface area contributed by atoms with Crippen molar-refractivity contribution < 1.29 is 19.0 Å². The van der Waals surface area contributed by atoms with Crippen LogP contribution in [0.4, 0.5) is 4.79 Å². The Balaban J connectivity index is 1.77. The fraction of sp³-hybridized carbons (Fsp3) is 0.682. The number of nitrogens with one attached hydrogen (secondary N) is 1. The first-order chi connectivity index (χ1) is 13.3. The van der Waals surface area contributed by atoms with Gasteiger partial charge in [-0.25, -0.2) is 4.79 Å². The summed E-state index contributed by atoms with van der Waals surface area (Å²) >= 11 is 0. The van der Waals surface area contributed by atoms with Crippen LogP contribution in [0.1, 0.15) is 63.9 Å². The van der Waals surface area contributed by atoms with Gasteiger partial charge in [0.2, 0.25) is 0 Å². The molecule has 1 N–H and O–H groups in total. The highest BCUT2D eigenvalue weighted by Gasteiger charge is 2.01. The molecule has 0 aliphatic carbocycles. The van der Waals surface area contributed by atoms with E-state index in [4.69, 9.17) is 14.2 Å². The molecule has 1 aromatic rings. The van der Waals surface area contributed by atoms with Gasteiger partial charge in [-0.1, -0.05) is 82.2 Å². The van der Waals surface area contributed by atoms with Crippen LogP contribution in [0.5, 0.6) is 0 Å². The standard InChI is InChI=1S/C22H37NO4/c1-2-3-4-5-6-7-8-12-16-25-18-19-26-17-15-23-22(24)27-20-21-13-10-9-11-14-21/h9-11,13-14H,2-8,12,15-20H2,1H3,(H,23,24). The predicted octanol–water partition coefficient (Wildman–Crippen LogP) is 5.09. The summed E-state index contributed by atoms with van der Waals surface area (Å²) < 4.78 is 16.1. The maximum absolute atomic E-state index is 11.5. The molecule has 1 aromatic carbocycles. The summed E-state index contributed by atoms with van der Waals surface area (Å²) in [6.07, 6.45) is 10.1. The maximum Gasteiger partial charge on any atom is 0.407 e. The molecular formula is C22H37NO4. The number of hydrogen-bond acceptors (Lipinski definition) is 4. The van der Waals surface area contributed by atoms with Gasteiger partial charge in [-0.15, -0.1) is 0 Å². The first kappa shape index (κ1) is 23.4. The predicted molar refractivity (Wildman–Crippen MR) is 109 cm³/mol. The molecule has 0 aliphatic heterocycles. The van der Waals surface area contributed by atoms with Gasteiger partial charge >= 0.3 is 6.09 Å². The molecule has 5 nitrogen and oxygen atoms in total. The highest BCUT2D eigenvalue weighted by atomic mass is 16.5. The lowest BCUT2D eigenvalue weighted by Gasteiger charge is -2.08. The zero-order chi connectivity index (χ0) is 19.4. The van der Waals surface area contributed by atoms with E-state index in [-0.39, 0.29) is 6.61 Å². The third kappa shape index (κ3) is 15.2. The zero-order valence-corrected chi connectivity index (χ0v) is 16.9. The lowest BCUT2D eigenvalue weighted by Crippen LogP contribution is -2.28. The van der Waals surface area contributed by atoms with E-state index in [1.54, 1.807) is 0 Å². The fourth-order valence-corrected chi connectivity index (χ4v) is 2.66. The topological polar surface area (TPSA) is 56.8 Å². The van der Waals surface area contributed by atoms with Crippen LogP contribution in [0.3, 0.4) is 0 Å². The van der Waals surface area contributed by atoms with Crippen molar-refractivity contribution in [3.8, 4) is 0 Å². The minimum absolute atomic E-state index is 0.278. The van der Waals surface area contributed by atoms with Crippen LogP contribution in [0.2, 0.25) is 0 Å². The Labute approximate surface area is 164 Å². The SMILES string of the molecule is CCCCCCCCCCOCCOCCNC(=O)OCc1ccccc1. The molecule has 0 fully saturated rings.